The highest BCUT2D eigenvalue weighted by Crippen LogP contribution is 2.32. The number of carbonyl (C=O) groups is 2. The topological polar surface area (TPSA) is 58.6 Å². The number of hydrogen-bond acceptors (Lipinski definition) is 5. The second kappa shape index (κ2) is 6.26. The summed E-state index contributed by atoms with van der Waals surface area (Å²) in [4.78, 5) is 26.6. The number of likely N-dealkylation sites (N-methyl/N-ethyl adjacent to an activating group) is 1. The molecule has 23 heavy (non-hydrogen) atoms. The van der Waals surface area contributed by atoms with Crippen LogP contribution >= 0.6 is 11.3 Å². The van der Waals surface area contributed by atoms with Crippen LogP contribution in [0.15, 0.2) is 47.5 Å². The minimum absolute atomic E-state index is 0.286. The Balaban J connectivity index is 1.94. The molecule has 1 aliphatic heterocycles. The first kappa shape index (κ1) is 15.3. The molecule has 6 heteroatoms. The molecule has 118 valence electrons. The summed E-state index contributed by atoms with van der Waals surface area (Å²) in [5.41, 5.74) is 1.46. The maximum absolute atomic E-state index is 12.4. The molecule has 0 spiro atoms. The van der Waals surface area contributed by atoms with Crippen molar-refractivity contribution in [3.05, 3.63) is 52.4 Å². The van der Waals surface area contributed by atoms with Gasteiger partial charge >= 0.3 is 0 Å². The van der Waals surface area contributed by atoms with Gasteiger partial charge in [-0.2, -0.15) is 0 Å². The highest BCUT2D eigenvalue weighted by molar-refractivity contribution is 7.11. The molecule has 0 saturated heterocycles. The number of benzene rings is 1. The van der Waals surface area contributed by atoms with Crippen LogP contribution in [-0.2, 0) is 9.59 Å². The van der Waals surface area contributed by atoms with Gasteiger partial charge in [0.2, 0.25) is 0 Å². The van der Waals surface area contributed by atoms with Gasteiger partial charge in [0, 0.05) is 17.6 Å². The Morgan fingerprint density at radius 2 is 1.87 bits per heavy atom. The summed E-state index contributed by atoms with van der Waals surface area (Å²) in [5.74, 6) is 0.148. The summed E-state index contributed by atoms with van der Waals surface area (Å²) >= 11 is 1.43. The standard InChI is InChI=1S/C17H16N2O3S/c1-3-22-12-8-6-11(7-9-12)18-15-14(13-5-4-10-23-13)16(20)19(2)17(15)21/h4-10,18H,3H2,1-2H3. The largest absolute Gasteiger partial charge is 0.494 e. The van der Waals surface area contributed by atoms with Crippen LogP contribution in [-0.4, -0.2) is 30.4 Å². The Kier molecular flexibility index (Phi) is 4.16. The molecule has 1 aliphatic rings. The molecule has 1 aromatic heterocycles. The van der Waals surface area contributed by atoms with Crippen molar-refractivity contribution in [3.8, 4) is 5.75 Å². The highest BCUT2D eigenvalue weighted by Gasteiger charge is 2.37. The number of amides is 2. The van der Waals surface area contributed by atoms with Gasteiger partial charge in [-0.1, -0.05) is 6.07 Å². The lowest BCUT2D eigenvalue weighted by Gasteiger charge is -2.09. The maximum Gasteiger partial charge on any atom is 0.277 e. The summed E-state index contributed by atoms with van der Waals surface area (Å²) < 4.78 is 5.40. The van der Waals surface area contributed by atoms with Gasteiger partial charge in [-0.15, -0.1) is 11.3 Å². The fourth-order valence-electron chi connectivity index (χ4n) is 2.35. The predicted octanol–water partition coefficient (Wildman–Crippen LogP) is 2.97. The van der Waals surface area contributed by atoms with E-state index in [1.807, 2.05) is 48.7 Å². The van der Waals surface area contributed by atoms with E-state index < -0.39 is 0 Å². The first-order valence-electron chi connectivity index (χ1n) is 7.22. The van der Waals surface area contributed by atoms with Gasteiger partial charge in [0.05, 0.1) is 12.2 Å². The van der Waals surface area contributed by atoms with Gasteiger partial charge in [-0.05, 0) is 42.6 Å². The molecule has 0 aliphatic carbocycles. The van der Waals surface area contributed by atoms with Crippen LogP contribution in [0, 0.1) is 0 Å². The molecule has 0 saturated carbocycles. The molecule has 2 aromatic rings. The molecule has 0 bridgehead atoms. The first-order chi connectivity index (χ1) is 11.1. The summed E-state index contributed by atoms with van der Waals surface area (Å²) in [6.45, 7) is 2.52. The summed E-state index contributed by atoms with van der Waals surface area (Å²) in [5, 5.41) is 4.96. The Morgan fingerprint density at radius 3 is 2.48 bits per heavy atom. The molecule has 0 unspecified atom stereocenters. The van der Waals surface area contributed by atoms with Gasteiger partial charge in [-0.25, -0.2) is 0 Å². The fourth-order valence-corrected chi connectivity index (χ4v) is 3.12. The second-order valence-corrected chi connectivity index (χ2v) is 5.93. The lowest BCUT2D eigenvalue weighted by Crippen LogP contribution is -2.27. The normalized spacial score (nSPS) is 14.6. The predicted molar refractivity (Wildman–Crippen MR) is 90.2 cm³/mol. The first-order valence-corrected chi connectivity index (χ1v) is 8.10. The number of hydrogen-bond donors (Lipinski definition) is 1. The smallest absolute Gasteiger partial charge is 0.277 e. The van der Waals surface area contributed by atoms with Crippen molar-refractivity contribution in [1.29, 1.82) is 0 Å². The third kappa shape index (κ3) is 2.85. The summed E-state index contributed by atoms with van der Waals surface area (Å²) in [7, 11) is 1.49. The van der Waals surface area contributed by atoms with Crippen molar-refractivity contribution >= 4 is 34.4 Å². The molecule has 1 N–H and O–H groups in total. The Labute approximate surface area is 138 Å². The van der Waals surface area contributed by atoms with Crippen LogP contribution in [0.5, 0.6) is 5.75 Å². The summed E-state index contributed by atoms with van der Waals surface area (Å²) in [6, 6.07) is 11.0. The zero-order valence-electron chi connectivity index (χ0n) is 12.8. The number of ether oxygens (including phenoxy) is 1. The summed E-state index contributed by atoms with van der Waals surface area (Å²) in [6.07, 6.45) is 0. The van der Waals surface area contributed by atoms with Gasteiger partial charge in [0.25, 0.3) is 11.8 Å². The van der Waals surface area contributed by atoms with E-state index in [2.05, 4.69) is 5.32 Å². The van der Waals surface area contributed by atoms with Crippen molar-refractivity contribution < 1.29 is 14.3 Å². The molecular formula is C17H16N2O3S. The molecule has 1 aromatic carbocycles. The molecule has 2 amide bonds. The molecule has 2 heterocycles. The number of nitrogens with zero attached hydrogens (tertiary/aromatic N) is 1. The Morgan fingerprint density at radius 1 is 1.13 bits per heavy atom. The van der Waals surface area contributed by atoms with E-state index in [1.165, 1.54) is 18.4 Å². The fraction of sp³-hybridized carbons (Fsp3) is 0.176. The third-order valence-corrected chi connectivity index (χ3v) is 4.38. The Bertz CT molecular complexity index is 764. The van der Waals surface area contributed by atoms with Crippen molar-refractivity contribution in [2.45, 2.75) is 6.92 Å². The van der Waals surface area contributed by atoms with E-state index in [0.29, 0.717) is 17.9 Å². The van der Waals surface area contributed by atoms with Crippen LogP contribution in [0.1, 0.15) is 11.8 Å². The van der Waals surface area contributed by atoms with Crippen molar-refractivity contribution in [2.75, 3.05) is 19.0 Å². The number of thiophene rings is 1. The van der Waals surface area contributed by atoms with Gasteiger partial charge in [0.15, 0.2) is 0 Å². The number of imide groups is 1. The third-order valence-electron chi connectivity index (χ3n) is 3.49. The average molecular weight is 328 g/mol. The SMILES string of the molecule is CCOc1ccc(NC2=C(c3cccs3)C(=O)N(C)C2=O)cc1. The molecule has 5 nitrogen and oxygen atoms in total. The van der Waals surface area contributed by atoms with Crippen LogP contribution in [0.4, 0.5) is 5.69 Å². The lowest BCUT2D eigenvalue weighted by molar-refractivity contribution is -0.135. The van der Waals surface area contributed by atoms with Crippen LogP contribution < -0.4 is 10.1 Å². The number of rotatable bonds is 5. The van der Waals surface area contributed by atoms with Crippen LogP contribution in [0.3, 0.4) is 0 Å². The van der Waals surface area contributed by atoms with Gasteiger partial charge < -0.3 is 10.1 Å². The minimum atomic E-state index is -0.327. The molecule has 0 fully saturated rings. The number of anilines is 1. The molecular weight excluding hydrogens is 312 g/mol. The van der Waals surface area contributed by atoms with E-state index in [9.17, 15) is 9.59 Å². The minimum Gasteiger partial charge on any atom is -0.494 e. The highest BCUT2D eigenvalue weighted by atomic mass is 32.1. The van der Waals surface area contributed by atoms with E-state index in [0.717, 1.165) is 21.2 Å². The lowest BCUT2D eigenvalue weighted by atomic mass is 10.2. The Hall–Kier alpha value is -2.60. The van der Waals surface area contributed by atoms with E-state index in [-0.39, 0.29) is 11.8 Å². The van der Waals surface area contributed by atoms with E-state index >= 15 is 0 Å². The zero-order chi connectivity index (χ0) is 16.4. The quantitative estimate of drug-likeness (QED) is 0.857. The zero-order valence-corrected chi connectivity index (χ0v) is 13.6. The van der Waals surface area contributed by atoms with Crippen molar-refractivity contribution in [1.82, 2.24) is 4.90 Å². The van der Waals surface area contributed by atoms with Gasteiger partial charge in [0.1, 0.15) is 11.4 Å². The van der Waals surface area contributed by atoms with Crippen LogP contribution in [0.2, 0.25) is 0 Å². The van der Waals surface area contributed by atoms with Crippen molar-refractivity contribution in [3.63, 3.8) is 0 Å². The maximum atomic E-state index is 12.4. The molecule has 0 radical (unpaired) electrons. The van der Waals surface area contributed by atoms with E-state index in [1.54, 1.807) is 0 Å². The number of nitrogens with one attached hydrogen (secondary N) is 1. The number of carbonyl (C=O) groups excluding carboxylic acids is 2. The van der Waals surface area contributed by atoms with Crippen molar-refractivity contribution in [2.24, 2.45) is 0 Å². The monoisotopic (exact) mass is 328 g/mol. The van der Waals surface area contributed by atoms with Crippen LogP contribution in [0.25, 0.3) is 5.57 Å². The average Bonchev–Trinajstić information content (AvgIpc) is 3.14. The molecule has 0 atom stereocenters. The van der Waals surface area contributed by atoms with E-state index in [4.69, 9.17) is 4.74 Å². The van der Waals surface area contributed by atoms with Gasteiger partial charge in [-0.3, -0.25) is 14.5 Å². The molecule has 3 rings (SSSR count). The second-order valence-electron chi connectivity index (χ2n) is 4.98.